The van der Waals surface area contributed by atoms with Gasteiger partial charge in [0.2, 0.25) is 5.91 Å². The SMILES string of the molecule is CN1CC(=O)C2[C@@H](Cc3ccccc3)C(=O)N(CCC(c3ccccc3)c3ccccc3)C[C@@H]2N1C(=O)NCC1=CC2CC2C=C1. The second-order valence-corrected chi connectivity index (χ2v) is 13.3. The van der Waals surface area contributed by atoms with Gasteiger partial charge in [0.1, 0.15) is 0 Å². The summed E-state index contributed by atoms with van der Waals surface area (Å²) < 4.78 is 0. The van der Waals surface area contributed by atoms with Gasteiger partial charge in [-0.05, 0) is 53.4 Å². The van der Waals surface area contributed by atoms with Crippen molar-refractivity contribution in [2.75, 3.05) is 33.2 Å². The fraction of sp³-hybridized carbons (Fsp3) is 0.359. The molecule has 2 aliphatic carbocycles. The molecule has 3 unspecified atom stereocenters. The summed E-state index contributed by atoms with van der Waals surface area (Å²) in [6.45, 7) is 1.39. The molecule has 7 nitrogen and oxygen atoms in total. The van der Waals surface area contributed by atoms with Crippen LogP contribution in [0.3, 0.4) is 0 Å². The van der Waals surface area contributed by atoms with E-state index in [1.165, 1.54) is 17.5 Å². The number of rotatable bonds is 9. The Labute approximate surface area is 271 Å². The molecule has 0 aromatic heterocycles. The number of Topliss-reactive ketones (excluding diaryl/α,β-unsaturated/α-hetero) is 1. The van der Waals surface area contributed by atoms with E-state index in [1.54, 1.807) is 17.1 Å². The molecule has 0 bridgehead atoms. The lowest BCUT2D eigenvalue weighted by molar-refractivity contribution is -0.165. The fourth-order valence-corrected chi connectivity index (χ4v) is 7.79. The largest absolute Gasteiger partial charge is 0.340 e. The molecule has 5 atom stereocenters. The van der Waals surface area contributed by atoms with Gasteiger partial charge in [-0.25, -0.2) is 9.80 Å². The summed E-state index contributed by atoms with van der Waals surface area (Å²) in [4.78, 5) is 43.9. The number of nitrogens with one attached hydrogen (secondary N) is 1. The van der Waals surface area contributed by atoms with Gasteiger partial charge in [0.05, 0.1) is 24.4 Å². The molecule has 3 aromatic rings. The number of carbonyl (C=O) groups is 3. The van der Waals surface area contributed by atoms with E-state index >= 15 is 0 Å². The van der Waals surface area contributed by atoms with E-state index in [-0.39, 0.29) is 30.2 Å². The summed E-state index contributed by atoms with van der Waals surface area (Å²) in [5.74, 6) is 0.290. The van der Waals surface area contributed by atoms with E-state index in [2.05, 4.69) is 72.1 Å². The highest BCUT2D eigenvalue weighted by atomic mass is 16.2. The molecule has 3 fully saturated rings. The van der Waals surface area contributed by atoms with Gasteiger partial charge in [-0.1, -0.05) is 109 Å². The number of likely N-dealkylation sites (tertiary alicyclic amines) is 1. The molecular weight excluding hydrogens is 572 g/mol. The zero-order valence-corrected chi connectivity index (χ0v) is 26.4. The summed E-state index contributed by atoms with van der Waals surface area (Å²) in [6, 6.07) is 30.1. The molecule has 46 heavy (non-hydrogen) atoms. The van der Waals surface area contributed by atoms with Gasteiger partial charge < -0.3 is 10.2 Å². The van der Waals surface area contributed by atoms with E-state index in [9.17, 15) is 14.4 Å². The van der Waals surface area contributed by atoms with E-state index in [0.717, 1.165) is 17.6 Å². The maximum absolute atomic E-state index is 14.4. The van der Waals surface area contributed by atoms with Gasteiger partial charge in [-0.15, -0.1) is 0 Å². The zero-order valence-electron chi connectivity index (χ0n) is 26.4. The second-order valence-electron chi connectivity index (χ2n) is 13.3. The second kappa shape index (κ2) is 13.1. The molecular formula is C39H42N4O3. The molecule has 7 rings (SSSR count). The normalized spacial score (nSPS) is 25.6. The van der Waals surface area contributed by atoms with E-state index in [1.807, 2.05) is 47.4 Å². The van der Waals surface area contributed by atoms with Crippen LogP contribution in [0.25, 0.3) is 0 Å². The first-order valence-electron chi connectivity index (χ1n) is 16.6. The highest BCUT2D eigenvalue weighted by molar-refractivity contribution is 5.93. The lowest BCUT2D eigenvalue weighted by Crippen LogP contribution is -2.70. The van der Waals surface area contributed by atoms with Crippen LogP contribution in [-0.2, 0) is 16.0 Å². The number of benzene rings is 3. The quantitative estimate of drug-likeness (QED) is 0.347. The van der Waals surface area contributed by atoms with Crippen LogP contribution in [0, 0.1) is 23.7 Å². The van der Waals surface area contributed by atoms with Crippen LogP contribution < -0.4 is 5.32 Å². The van der Waals surface area contributed by atoms with Gasteiger partial charge in [0.15, 0.2) is 5.78 Å². The van der Waals surface area contributed by atoms with Crippen molar-refractivity contribution in [3.63, 3.8) is 0 Å². The minimum atomic E-state index is -0.564. The molecule has 1 saturated carbocycles. The molecule has 3 amide bonds. The third-order valence-corrected chi connectivity index (χ3v) is 10.2. The van der Waals surface area contributed by atoms with Crippen molar-refractivity contribution in [3.05, 3.63) is 131 Å². The van der Waals surface area contributed by atoms with Gasteiger partial charge in [0.25, 0.3) is 0 Å². The Bertz CT molecular complexity index is 1580. The Morgan fingerprint density at radius 2 is 1.54 bits per heavy atom. The molecule has 3 aromatic carbocycles. The smallest absolute Gasteiger partial charge is 0.332 e. The number of amides is 3. The van der Waals surface area contributed by atoms with Crippen molar-refractivity contribution in [2.45, 2.75) is 31.2 Å². The van der Waals surface area contributed by atoms with Crippen LogP contribution in [0.15, 0.2) is 115 Å². The summed E-state index contributed by atoms with van der Waals surface area (Å²) in [6.07, 6.45) is 9.01. The zero-order chi connectivity index (χ0) is 31.6. The maximum Gasteiger partial charge on any atom is 0.332 e. The van der Waals surface area contributed by atoms with Crippen molar-refractivity contribution in [1.29, 1.82) is 0 Å². The summed E-state index contributed by atoms with van der Waals surface area (Å²) in [7, 11) is 1.80. The highest BCUT2D eigenvalue weighted by Crippen LogP contribution is 2.44. The summed E-state index contributed by atoms with van der Waals surface area (Å²) in [5.41, 5.74) is 4.54. The first kappa shape index (κ1) is 30.2. The highest BCUT2D eigenvalue weighted by Gasteiger charge is 2.53. The Morgan fingerprint density at radius 1 is 0.891 bits per heavy atom. The number of nitrogens with zero attached hydrogens (tertiary/aromatic N) is 3. The number of piperidine rings is 1. The van der Waals surface area contributed by atoms with Gasteiger partial charge in [-0.3, -0.25) is 14.6 Å². The molecule has 236 valence electrons. The molecule has 0 spiro atoms. The van der Waals surface area contributed by atoms with Gasteiger partial charge in [0, 0.05) is 32.6 Å². The summed E-state index contributed by atoms with van der Waals surface area (Å²) >= 11 is 0. The number of hydrogen-bond acceptors (Lipinski definition) is 4. The van der Waals surface area contributed by atoms with Crippen LogP contribution in [-0.4, -0.2) is 71.9 Å². The van der Waals surface area contributed by atoms with Crippen LogP contribution in [0.1, 0.15) is 35.4 Å². The number of carbonyl (C=O) groups excluding carboxylic acids is 3. The lowest BCUT2D eigenvalue weighted by Gasteiger charge is -2.52. The minimum absolute atomic E-state index is 0.000256. The number of allylic oxidation sites excluding steroid dienone is 2. The van der Waals surface area contributed by atoms with E-state index in [0.29, 0.717) is 37.9 Å². The van der Waals surface area contributed by atoms with Crippen molar-refractivity contribution >= 4 is 17.7 Å². The topological polar surface area (TPSA) is 73.0 Å². The predicted molar refractivity (Wildman–Crippen MR) is 179 cm³/mol. The summed E-state index contributed by atoms with van der Waals surface area (Å²) in [5, 5.41) is 6.60. The first-order valence-corrected chi connectivity index (χ1v) is 16.6. The third kappa shape index (κ3) is 6.29. The Kier molecular flexibility index (Phi) is 8.59. The number of ketones is 1. The van der Waals surface area contributed by atoms with Crippen molar-refractivity contribution in [3.8, 4) is 0 Å². The standard InChI is InChI=1S/C39H42N4O3/c1-41-26-36(44)37-34(22-27-11-5-2-6-12-27)38(45)42(20-19-33(29-13-7-3-8-14-29)30-15-9-4-10-16-30)25-35(37)43(41)39(46)40-24-28-17-18-31-23-32(31)21-28/h2-18,21,31-35,37H,19-20,22-26H2,1H3,(H,40,46)/t31?,32?,34-,35+,37?/m1/s1. The van der Waals surface area contributed by atoms with Gasteiger partial charge in [-0.2, -0.15) is 0 Å². The van der Waals surface area contributed by atoms with Crippen LogP contribution >= 0.6 is 0 Å². The van der Waals surface area contributed by atoms with Crippen molar-refractivity contribution < 1.29 is 14.4 Å². The van der Waals surface area contributed by atoms with Crippen LogP contribution in [0.4, 0.5) is 4.79 Å². The molecule has 1 N–H and O–H groups in total. The fourth-order valence-electron chi connectivity index (χ4n) is 7.79. The number of urea groups is 1. The Morgan fingerprint density at radius 3 is 2.20 bits per heavy atom. The minimum Gasteiger partial charge on any atom is -0.340 e. The third-order valence-electron chi connectivity index (χ3n) is 10.2. The molecule has 7 heteroatoms. The van der Waals surface area contributed by atoms with E-state index < -0.39 is 17.9 Å². The molecule has 2 saturated heterocycles. The maximum atomic E-state index is 14.4. The van der Waals surface area contributed by atoms with Crippen molar-refractivity contribution in [1.82, 2.24) is 20.2 Å². The predicted octanol–water partition coefficient (Wildman–Crippen LogP) is 5.47. The van der Waals surface area contributed by atoms with Crippen LogP contribution in [0.2, 0.25) is 0 Å². The molecule has 2 aliphatic heterocycles. The Balaban J connectivity index is 1.16. The van der Waals surface area contributed by atoms with Crippen molar-refractivity contribution in [2.24, 2.45) is 23.7 Å². The van der Waals surface area contributed by atoms with Gasteiger partial charge >= 0.3 is 6.03 Å². The average molecular weight is 615 g/mol. The average Bonchev–Trinajstić information content (AvgIpc) is 3.86. The molecule has 2 heterocycles. The molecule has 0 radical (unpaired) electrons. The monoisotopic (exact) mass is 614 g/mol. The molecule has 4 aliphatic rings. The first-order chi connectivity index (χ1) is 22.5. The Hall–Kier alpha value is -4.49. The lowest BCUT2D eigenvalue weighted by atomic mass is 9.74. The number of hydrazine groups is 1. The number of likely N-dealkylation sites (N-methyl/N-ethyl adjacent to an activating group) is 1. The number of hydrogen-bond donors (Lipinski definition) is 1. The van der Waals surface area contributed by atoms with Crippen LogP contribution in [0.5, 0.6) is 0 Å². The number of fused-ring (bicyclic) bond motifs is 2. The van der Waals surface area contributed by atoms with E-state index in [4.69, 9.17) is 0 Å².